The number of anilines is 1. The third-order valence-corrected chi connectivity index (χ3v) is 4.83. The molecule has 2 aromatic heterocycles. The summed E-state index contributed by atoms with van der Waals surface area (Å²) < 4.78 is 6.17. The van der Waals surface area contributed by atoms with E-state index < -0.39 is 0 Å². The summed E-state index contributed by atoms with van der Waals surface area (Å²) in [7, 11) is 0. The number of carbonyl (C=O) groups is 1. The summed E-state index contributed by atoms with van der Waals surface area (Å²) in [4.78, 5) is 29.6. The number of piperidine rings is 1. The molecule has 0 saturated carbocycles. The lowest BCUT2D eigenvalue weighted by molar-refractivity contribution is -0.105. The quantitative estimate of drug-likeness (QED) is 0.823. The van der Waals surface area contributed by atoms with Crippen LogP contribution in [0.15, 0.2) is 43.0 Å². The highest BCUT2D eigenvalue weighted by Gasteiger charge is 2.42. The van der Waals surface area contributed by atoms with E-state index in [1.807, 2.05) is 17.0 Å². The molecule has 2 aliphatic rings. The molecular weight excluding hydrogens is 318 g/mol. The van der Waals surface area contributed by atoms with Crippen LogP contribution in [-0.4, -0.2) is 64.1 Å². The van der Waals surface area contributed by atoms with Gasteiger partial charge < -0.3 is 14.5 Å². The van der Waals surface area contributed by atoms with Crippen molar-refractivity contribution in [3.05, 3.63) is 48.7 Å². The number of carbonyl (C=O) groups excluding carboxylic acids is 1. The van der Waals surface area contributed by atoms with Crippen LogP contribution >= 0.6 is 0 Å². The zero-order chi connectivity index (χ0) is 17.1. The topological polar surface area (TPSA) is 71.5 Å². The number of ether oxygens (including phenoxy) is 1. The second kappa shape index (κ2) is 6.76. The first-order valence-electron chi connectivity index (χ1n) is 8.61. The van der Waals surface area contributed by atoms with Crippen molar-refractivity contribution in [2.24, 2.45) is 0 Å². The lowest BCUT2D eigenvalue weighted by Crippen LogP contribution is -2.61. The average Bonchev–Trinajstić information content (AvgIpc) is 2.69. The number of amides is 1. The first-order chi connectivity index (χ1) is 12.3. The Morgan fingerprint density at radius 3 is 2.88 bits per heavy atom. The van der Waals surface area contributed by atoms with Crippen LogP contribution in [0, 0.1) is 0 Å². The second-order valence-electron chi connectivity index (χ2n) is 6.56. The Morgan fingerprint density at radius 2 is 2.08 bits per heavy atom. The van der Waals surface area contributed by atoms with Crippen LogP contribution in [0.5, 0.6) is 0 Å². The largest absolute Gasteiger partial charge is 0.369 e. The van der Waals surface area contributed by atoms with Gasteiger partial charge in [0, 0.05) is 31.7 Å². The molecule has 0 radical (unpaired) electrons. The molecule has 1 spiro atoms. The third kappa shape index (κ3) is 3.32. The van der Waals surface area contributed by atoms with Crippen LogP contribution in [0.4, 0.5) is 5.82 Å². The molecule has 2 fully saturated rings. The highest BCUT2D eigenvalue weighted by molar-refractivity contribution is 5.92. The Hall–Kier alpha value is -2.54. The van der Waals surface area contributed by atoms with Crippen molar-refractivity contribution in [3.8, 4) is 0 Å². The molecule has 25 heavy (non-hydrogen) atoms. The number of hydrogen-bond acceptors (Lipinski definition) is 6. The molecule has 1 atom stereocenters. The molecule has 130 valence electrons. The molecule has 0 bridgehead atoms. The molecule has 0 aliphatic carbocycles. The molecule has 4 heterocycles. The van der Waals surface area contributed by atoms with E-state index in [1.165, 1.54) is 0 Å². The lowest BCUT2D eigenvalue weighted by atomic mass is 9.90. The smallest absolute Gasteiger partial charge is 0.272 e. The zero-order valence-corrected chi connectivity index (χ0v) is 14.0. The van der Waals surface area contributed by atoms with E-state index >= 15 is 0 Å². The van der Waals surface area contributed by atoms with Gasteiger partial charge in [-0.2, -0.15) is 0 Å². The standard InChI is InChI=1S/C18H21N5O2/c24-17(15-4-1-2-6-20-15)23-10-11-25-18(14-23)5-3-9-22(13-18)16-12-19-7-8-21-16/h1-2,4,6-8,12H,3,5,9-11,13-14H2. The Morgan fingerprint density at radius 1 is 1.12 bits per heavy atom. The molecule has 0 aromatic carbocycles. The number of morpholine rings is 1. The first kappa shape index (κ1) is 16.0. The summed E-state index contributed by atoms with van der Waals surface area (Å²) in [6.07, 6.45) is 8.75. The van der Waals surface area contributed by atoms with Crippen LogP contribution < -0.4 is 4.90 Å². The van der Waals surface area contributed by atoms with Crippen molar-refractivity contribution in [2.45, 2.75) is 18.4 Å². The van der Waals surface area contributed by atoms with Gasteiger partial charge in [0.25, 0.3) is 5.91 Å². The summed E-state index contributed by atoms with van der Waals surface area (Å²) in [5.74, 6) is 0.832. The van der Waals surface area contributed by atoms with Gasteiger partial charge in [0.1, 0.15) is 17.1 Å². The van der Waals surface area contributed by atoms with E-state index in [4.69, 9.17) is 4.74 Å². The van der Waals surface area contributed by atoms with Gasteiger partial charge >= 0.3 is 0 Å². The van der Waals surface area contributed by atoms with Crippen molar-refractivity contribution in [3.63, 3.8) is 0 Å². The lowest BCUT2D eigenvalue weighted by Gasteiger charge is -2.48. The number of pyridine rings is 1. The number of aromatic nitrogens is 3. The van der Waals surface area contributed by atoms with Gasteiger partial charge in [-0.05, 0) is 25.0 Å². The maximum atomic E-state index is 12.7. The van der Waals surface area contributed by atoms with E-state index in [1.54, 1.807) is 30.9 Å². The summed E-state index contributed by atoms with van der Waals surface area (Å²) in [6, 6.07) is 5.42. The van der Waals surface area contributed by atoms with Gasteiger partial charge in [0.2, 0.25) is 0 Å². The Balaban J connectivity index is 1.51. The molecule has 2 aliphatic heterocycles. The van der Waals surface area contributed by atoms with Gasteiger partial charge in [-0.1, -0.05) is 6.07 Å². The van der Waals surface area contributed by atoms with Crippen LogP contribution in [-0.2, 0) is 4.74 Å². The van der Waals surface area contributed by atoms with Crippen molar-refractivity contribution >= 4 is 11.7 Å². The number of nitrogens with zero attached hydrogens (tertiary/aromatic N) is 5. The fourth-order valence-electron chi connectivity index (χ4n) is 3.66. The predicted octanol–water partition coefficient (Wildman–Crippen LogP) is 1.38. The van der Waals surface area contributed by atoms with Gasteiger partial charge in [-0.25, -0.2) is 4.98 Å². The number of hydrogen-bond donors (Lipinski definition) is 0. The summed E-state index contributed by atoms with van der Waals surface area (Å²) in [5, 5.41) is 0. The van der Waals surface area contributed by atoms with E-state index in [2.05, 4.69) is 19.9 Å². The van der Waals surface area contributed by atoms with E-state index in [9.17, 15) is 4.79 Å². The fourth-order valence-corrected chi connectivity index (χ4v) is 3.66. The Labute approximate surface area is 146 Å². The average molecular weight is 339 g/mol. The van der Waals surface area contributed by atoms with Crippen molar-refractivity contribution in [1.29, 1.82) is 0 Å². The first-order valence-corrected chi connectivity index (χ1v) is 8.61. The van der Waals surface area contributed by atoms with Gasteiger partial charge in [-0.3, -0.25) is 14.8 Å². The summed E-state index contributed by atoms with van der Waals surface area (Å²) in [5.41, 5.74) is 0.138. The molecule has 2 saturated heterocycles. The molecule has 7 heteroatoms. The fraction of sp³-hybridized carbons (Fsp3) is 0.444. The van der Waals surface area contributed by atoms with Gasteiger partial charge in [-0.15, -0.1) is 0 Å². The molecule has 1 unspecified atom stereocenters. The molecule has 2 aromatic rings. The monoisotopic (exact) mass is 339 g/mol. The Bertz CT molecular complexity index is 723. The van der Waals surface area contributed by atoms with Crippen molar-refractivity contribution in [1.82, 2.24) is 19.9 Å². The van der Waals surface area contributed by atoms with Crippen LogP contribution in [0.1, 0.15) is 23.3 Å². The van der Waals surface area contributed by atoms with Gasteiger partial charge in [0.15, 0.2) is 0 Å². The summed E-state index contributed by atoms with van der Waals surface area (Å²) >= 11 is 0. The molecule has 0 N–H and O–H groups in total. The molecular formula is C18H21N5O2. The van der Waals surface area contributed by atoms with Crippen molar-refractivity contribution in [2.75, 3.05) is 37.7 Å². The minimum atomic E-state index is -0.349. The maximum Gasteiger partial charge on any atom is 0.272 e. The molecule has 4 rings (SSSR count). The van der Waals surface area contributed by atoms with E-state index in [0.717, 1.165) is 31.7 Å². The summed E-state index contributed by atoms with van der Waals surface area (Å²) in [6.45, 7) is 3.38. The minimum Gasteiger partial charge on any atom is -0.369 e. The van der Waals surface area contributed by atoms with Crippen LogP contribution in [0.25, 0.3) is 0 Å². The maximum absolute atomic E-state index is 12.7. The zero-order valence-electron chi connectivity index (χ0n) is 14.0. The highest BCUT2D eigenvalue weighted by atomic mass is 16.5. The van der Waals surface area contributed by atoms with Crippen LogP contribution in [0.2, 0.25) is 0 Å². The number of rotatable bonds is 2. The third-order valence-electron chi connectivity index (χ3n) is 4.83. The minimum absolute atomic E-state index is 0.0279. The molecule has 7 nitrogen and oxygen atoms in total. The highest BCUT2D eigenvalue weighted by Crippen LogP contribution is 2.31. The normalized spacial score (nSPS) is 23.7. The Kier molecular flexibility index (Phi) is 4.31. The second-order valence-corrected chi connectivity index (χ2v) is 6.56. The van der Waals surface area contributed by atoms with Crippen LogP contribution in [0.3, 0.4) is 0 Å². The molecule has 1 amide bonds. The van der Waals surface area contributed by atoms with Crippen molar-refractivity contribution < 1.29 is 9.53 Å². The van der Waals surface area contributed by atoms with E-state index in [0.29, 0.717) is 25.4 Å². The predicted molar refractivity (Wildman–Crippen MR) is 92.3 cm³/mol. The van der Waals surface area contributed by atoms with Gasteiger partial charge in [0.05, 0.1) is 25.9 Å². The van der Waals surface area contributed by atoms with E-state index in [-0.39, 0.29) is 11.5 Å². The SMILES string of the molecule is O=C(c1ccccn1)N1CCOC2(CCCN(c3cnccn3)C2)C1.